The fraction of sp³-hybridized carbons (Fsp3) is 1.00. The van der Waals surface area contributed by atoms with Crippen LogP contribution >= 0.6 is 0 Å². The summed E-state index contributed by atoms with van der Waals surface area (Å²) in [6, 6.07) is 0.440. The minimum absolute atomic E-state index is 0.0811. The fourth-order valence-electron chi connectivity index (χ4n) is 1.30. The molecule has 98 valence electrons. The van der Waals surface area contributed by atoms with Crippen LogP contribution in [0.3, 0.4) is 0 Å². The van der Waals surface area contributed by atoms with E-state index in [0.717, 1.165) is 19.4 Å². The highest BCUT2D eigenvalue weighted by atomic mass is 16.5. The van der Waals surface area contributed by atoms with Gasteiger partial charge < -0.3 is 25.0 Å². The van der Waals surface area contributed by atoms with E-state index in [0.29, 0.717) is 32.5 Å². The summed E-state index contributed by atoms with van der Waals surface area (Å²) in [6.07, 6.45) is 2.04. The van der Waals surface area contributed by atoms with Gasteiger partial charge in [-0.1, -0.05) is 0 Å². The van der Waals surface area contributed by atoms with Gasteiger partial charge in [0.1, 0.15) is 0 Å². The summed E-state index contributed by atoms with van der Waals surface area (Å²) in [5, 5.41) is 20.3. The van der Waals surface area contributed by atoms with Gasteiger partial charge in [-0.05, 0) is 19.8 Å². The molecule has 0 saturated carbocycles. The molecule has 0 radical (unpaired) electrons. The number of aliphatic hydroxyl groups is 2. The van der Waals surface area contributed by atoms with Crippen LogP contribution in [0, 0.1) is 0 Å². The Morgan fingerprint density at radius 3 is 2.25 bits per heavy atom. The van der Waals surface area contributed by atoms with Crippen LogP contribution in [0.5, 0.6) is 0 Å². The molecule has 0 amide bonds. The van der Waals surface area contributed by atoms with Crippen LogP contribution in [0.4, 0.5) is 0 Å². The highest BCUT2D eigenvalue weighted by Crippen LogP contribution is 1.96. The molecular formula is C11H25NO4. The minimum atomic E-state index is 0.0811. The number of ether oxygens (including phenoxy) is 2. The molecule has 0 spiro atoms. The van der Waals surface area contributed by atoms with Gasteiger partial charge in [0, 0.05) is 19.2 Å². The second kappa shape index (κ2) is 12.9. The van der Waals surface area contributed by atoms with Crippen molar-refractivity contribution in [2.75, 3.05) is 46.2 Å². The van der Waals surface area contributed by atoms with Crippen molar-refractivity contribution in [1.82, 2.24) is 5.32 Å². The van der Waals surface area contributed by atoms with Gasteiger partial charge in [0.05, 0.1) is 33.0 Å². The molecule has 0 fully saturated rings. The molecule has 0 aliphatic heterocycles. The highest BCUT2D eigenvalue weighted by Gasteiger charge is 2.00. The molecule has 5 nitrogen and oxygen atoms in total. The molecule has 0 aromatic carbocycles. The SMILES string of the molecule is CC(CCCOCCO)NCCOCCO. The summed E-state index contributed by atoms with van der Waals surface area (Å²) in [5.41, 5.74) is 0. The summed E-state index contributed by atoms with van der Waals surface area (Å²) >= 11 is 0. The van der Waals surface area contributed by atoms with E-state index >= 15 is 0 Å². The first kappa shape index (κ1) is 15.8. The molecule has 1 unspecified atom stereocenters. The first-order valence-corrected chi connectivity index (χ1v) is 5.91. The molecule has 0 saturated heterocycles. The summed E-state index contributed by atoms with van der Waals surface area (Å²) < 4.78 is 10.3. The van der Waals surface area contributed by atoms with E-state index in [1.807, 2.05) is 0 Å². The van der Waals surface area contributed by atoms with E-state index in [-0.39, 0.29) is 13.2 Å². The Morgan fingerprint density at radius 1 is 1.00 bits per heavy atom. The van der Waals surface area contributed by atoms with E-state index in [2.05, 4.69) is 12.2 Å². The van der Waals surface area contributed by atoms with Gasteiger partial charge in [-0.2, -0.15) is 0 Å². The Labute approximate surface area is 97.8 Å². The summed E-state index contributed by atoms with van der Waals surface area (Å²) in [4.78, 5) is 0. The monoisotopic (exact) mass is 235 g/mol. The molecule has 16 heavy (non-hydrogen) atoms. The fourth-order valence-corrected chi connectivity index (χ4v) is 1.30. The molecule has 0 aliphatic carbocycles. The van der Waals surface area contributed by atoms with Crippen LogP contribution in [-0.4, -0.2) is 62.4 Å². The number of hydrogen-bond acceptors (Lipinski definition) is 5. The molecule has 0 bridgehead atoms. The van der Waals surface area contributed by atoms with Crippen molar-refractivity contribution in [3.63, 3.8) is 0 Å². The Balaban J connectivity index is 3.09. The number of hydrogen-bond donors (Lipinski definition) is 3. The third-order valence-electron chi connectivity index (χ3n) is 2.14. The number of aliphatic hydroxyl groups excluding tert-OH is 2. The first-order valence-electron chi connectivity index (χ1n) is 5.91. The van der Waals surface area contributed by atoms with E-state index in [1.54, 1.807) is 0 Å². The predicted octanol–water partition coefficient (Wildman–Crippen LogP) is -0.237. The molecule has 1 atom stereocenters. The molecule has 0 aliphatic rings. The molecule has 0 aromatic heterocycles. The lowest BCUT2D eigenvalue weighted by Gasteiger charge is -2.13. The van der Waals surface area contributed by atoms with Crippen molar-refractivity contribution in [2.24, 2.45) is 0 Å². The van der Waals surface area contributed by atoms with Gasteiger partial charge in [-0.3, -0.25) is 0 Å². The van der Waals surface area contributed by atoms with Crippen molar-refractivity contribution >= 4 is 0 Å². The number of nitrogens with one attached hydrogen (secondary N) is 1. The molecule has 3 N–H and O–H groups in total. The molecule has 0 heterocycles. The van der Waals surface area contributed by atoms with Crippen molar-refractivity contribution in [1.29, 1.82) is 0 Å². The Bertz CT molecular complexity index is 121. The van der Waals surface area contributed by atoms with E-state index in [4.69, 9.17) is 19.7 Å². The third kappa shape index (κ3) is 11.9. The van der Waals surface area contributed by atoms with Crippen LogP contribution in [0.25, 0.3) is 0 Å². The second-order valence-electron chi connectivity index (χ2n) is 3.67. The quantitative estimate of drug-likeness (QED) is 0.407. The molecular weight excluding hydrogens is 210 g/mol. The highest BCUT2D eigenvalue weighted by molar-refractivity contribution is 4.59. The third-order valence-corrected chi connectivity index (χ3v) is 2.14. The summed E-state index contributed by atoms with van der Waals surface area (Å²) in [7, 11) is 0. The minimum Gasteiger partial charge on any atom is -0.394 e. The summed E-state index contributed by atoms with van der Waals surface area (Å²) in [5.74, 6) is 0. The van der Waals surface area contributed by atoms with Gasteiger partial charge in [0.15, 0.2) is 0 Å². The average molecular weight is 235 g/mol. The van der Waals surface area contributed by atoms with E-state index < -0.39 is 0 Å². The van der Waals surface area contributed by atoms with Crippen molar-refractivity contribution in [2.45, 2.75) is 25.8 Å². The Morgan fingerprint density at radius 2 is 1.62 bits per heavy atom. The van der Waals surface area contributed by atoms with Crippen molar-refractivity contribution in [3.8, 4) is 0 Å². The zero-order valence-electron chi connectivity index (χ0n) is 10.2. The number of rotatable bonds is 12. The maximum atomic E-state index is 8.49. The van der Waals surface area contributed by atoms with Crippen LogP contribution in [0.1, 0.15) is 19.8 Å². The normalized spacial score (nSPS) is 12.9. The van der Waals surface area contributed by atoms with Crippen LogP contribution < -0.4 is 5.32 Å². The molecule has 0 rings (SSSR count). The lowest BCUT2D eigenvalue weighted by molar-refractivity contribution is 0.0861. The molecule has 0 aromatic rings. The zero-order chi connectivity index (χ0) is 12.1. The Hall–Kier alpha value is -0.200. The van der Waals surface area contributed by atoms with Gasteiger partial charge in [0.2, 0.25) is 0 Å². The van der Waals surface area contributed by atoms with Crippen molar-refractivity contribution in [3.05, 3.63) is 0 Å². The lowest BCUT2D eigenvalue weighted by atomic mass is 10.2. The largest absolute Gasteiger partial charge is 0.394 e. The maximum absolute atomic E-state index is 8.49. The maximum Gasteiger partial charge on any atom is 0.0698 e. The Kier molecular flexibility index (Phi) is 12.7. The summed E-state index contributed by atoms with van der Waals surface area (Å²) in [6.45, 7) is 5.27. The van der Waals surface area contributed by atoms with Gasteiger partial charge >= 0.3 is 0 Å². The average Bonchev–Trinajstić information content (AvgIpc) is 2.28. The smallest absolute Gasteiger partial charge is 0.0698 e. The van der Waals surface area contributed by atoms with Crippen LogP contribution in [-0.2, 0) is 9.47 Å². The topological polar surface area (TPSA) is 71.0 Å². The van der Waals surface area contributed by atoms with E-state index in [1.165, 1.54) is 0 Å². The first-order chi connectivity index (χ1) is 7.81. The van der Waals surface area contributed by atoms with Crippen molar-refractivity contribution < 1.29 is 19.7 Å². The van der Waals surface area contributed by atoms with Gasteiger partial charge in [-0.25, -0.2) is 0 Å². The second-order valence-corrected chi connectivity index (χ2v) is 3.67. The van der Waals surface area contributed by atoms with E-state index in [9.17, 15) is 0 Å². The molecule has 5 heteroatoms. The van der Waals surface area contributed by atoms with Crippen LogP contribution in [0.2, 0.25) is 0 Å². The van der Waals surface area contributed by atoms with Gasteiger partial charge in [0.25, 0.3) is 0 Å². The van der Waals surface area contributed by atoms with Crippen LogP contribution in [0.15, 0.2) is 0 Å². The van der Waals surface area contributed by atoms with Gasteiger partial charge in [-0.15, -0.1) is 0 Å². The zero-order valence-corrected chi connectivity index (χ0v) is 10.2. The predicted molar refractivity (Wildman–Crippen MR) is 62.5 cm³/mol. The lowest BCUT2D eigenvalue weighted by Crippen LogP contribution is -2.30. The standard InChI is InChI=1S/C11H25NO4/c1-11(3-2-7-15-9-5-13)12-4-8-16-10-6-14/h11-14H,2-10H2,1H3.